The van der Waals surface area contributed by atoms with Crippen molar-refractivity contribution in [1.82, 2.24) is 15.8 Å². The fourth-order valence-electron chi connectivity index (χ4n) is 2.87. The van der Waals surface area contributed by atoms with Crippen molar-refractivity contribution in [3.05, 3.63) is 77.6 Å². The van der Waals surface area contributed by atoms with E-state index in [4.69, 9.17) is 14.2 Å². The molecule has 0 fully saturated rings. The minimum Gasteiger partial charge on any atom is -0.493 e. The van der Waals surface area contributed by atoms with Gasteiger partial charge in [-0.1, -0.05) is 6.07 Å². The Kier molecular flexibility index (Phi) is 7.43. The second-order valence-electron chi connectivity index (χ2n) is 6.57. The summed E-state index contributed by atoms with van der Waals surface area (Å²) in [6.07, 6.45) is 1.52. The van der Waals surface area contributed by atoms with E-state index in [9.17, 15) is 14.4 Å². The number of pyridine rings is 1. The molecule has 3 amide bonds. The molecule has 0 aliphatic carbocycles. The SMILES string of the molecule is COc1cc(C(=O)NNC(=O)c2ccc(NC(=O)c3ccccn3)cc2)cc(OC)c1OC. The lowest BCUT2D eigenvalue weighted by Gasteiger charge is -2.14. The number of carbonyl (C=O) groups excluding carboxylic acids is 3. The zero-order valence-corrected chi connectivity index (χ0v) is 18.2. The first-order chi connectivity index (χ1) is 16.0. The maximum absolute atomic E-state index is 12.5. The Morgan fingerprint density at radius 3 is 1.85 bits per heavy atom. The molecule has 0 aliphatic rings. The average Bonchev–Trinajstić information content (AvgIpc) is 2.86. The van der Waals surface area contributed by atoms with Gasteiger partial charge in [0.15, 0.2) is 11.5 Å². The molecule has 2 aromatic carbocycles. The van der Waals surface area contributed by atoms with Crippen LogP contribution < -0.4 is 30.4 Å². The Bertz CT molecular complexity index is 1120. The lowest BCUT2D eigenvalue weighted by Crippen LogP contribution is -2.41. The highest BCUT2D eigenvalue weighted by atomic mass is 16.5. The van der Waals surface area contributed by atoms with E-state index in [1.54, 1.807) is 30.3 Å². The van der Waals surface area contributed by atoms with Crippen LogP contribution in [-0.4, -0.2) is 44.0 Å². The van der Waals surface area contributed by atoms with Crippen LogP contribution in [0.5, 0.6) is 17.2 Å². The van der Waals surface area contributed by atoms with Gasteiger partial charge in [-0.2, -0.15) is 0 Å². The van der Waals surface area contributed by atoms with E-state index in [0.29, 0.717) is 22.9 Å². The summed E-state index contributed by atoms with van der Waals surface area (Å²) in [5, 5.41) is 2.69. The molecule has 0 bridgehead atoms. The zero-order valence-electron chi connectivity index (χ0n) is 18.2. The smallest absolute Gasteiger partial charge is 0.274 e. The van der Waals surface area contributed by atoms with Gasteiger partial charge >= 0.3 is 0 Å². The van der Waals surface area contributed by atoms with Gasteiger partial charge in [-0.25, -0.2) is 0 Å². The topological polar surface area (TPSA) is 128 Å². The van der Waals surface area contributed by atoms with Gasteiger partial charge in [0.25, 0.3) is 17.7 Å². The lowest BCUT2D eigenvalue weighted by atomic mass is 10.1. The number of anilines is 1. The van der Waals surface area contributed by atoms with Crippen molar-refractivity contribution >= 4 is 23.4 Å². The number of ether oxygens (including phenoxy) is 3. The first kappa shape index (κ1) is 23.1. The second kappa shape index (κ2) is 10.6. The number of aromatic nitrogens is 1. The number of nitrogens with zero attached hydrogens (tertiary/aromatic N) is 1. The lowest BCUT2D eigenvalue weighted by molar-refractivity contribution is 0.0846. The number of nitrogens with one attached hydrogen (secondary N) is 3. The van der Waals surface area contributed by atoms with Crippen molar-refractivity contribution in [2.45, 2.75) is 0 Å². The number of carbonyl (C=O) groups is 3. The molecule has 3 aromatic rings. The first-order valence-electron chi connectivity index (χ1n) is 9.70. The molecule has 0 radical (unpaired) electrons. The maximum Gasteiger partial charge on any atom is 0.274 e. The molecule has 0 atom stereocenters. The van der Waals surface area contributed by atoms with Crippen molar-refractivity contribution in [2.24, 2.45) is 0 Å². The predicted molar refractivity (Wildman–Crippen MR) is 120 cm³/mol. The molecule has 0 spiro atoms. The van der Waals surface area contributed by atoms with Crippen molar-refractivity contribution in [1.29, 1.82) is 0 Å². The van der Waals surface area contributed by atoms with Crippen LogP contribution in [0.15, 0.2) is 60.8 Å². The molecule has 3 N–H and O–H groups in total. The van der Waals surface area contributed by atoms with Gasteiger partial charge in [-0.15, -0.1) is 0 Å². The van der Waals surface area contributed by atoms with Crippen LogP contribution in [-0.2, 0) is 0 Å². The van der Waals surface area contributed by atoms with Crippen LogP contribution in [0.1, 0.15) is 31.2 Å². The van der Waals surface area contributed by atoms with Crippen molar-refractivity contribution < 1.29 is 28.6 Å². The van der Waals surface area contributed by atoms with Gasteiger partial charge in [0.2, 0.25) is 5.75 Å². The molecular formula is C23H22N4O6. The fraction of sp³-hybridized carbons (Fsp3) is 0.130. The Morgan fingerprint density at radius 1 is 0.727 bits per heavy atom. The van der Waals surface area contributed by atoms with Gasteiger partial charge in [-0.3, -0.25) is 30.2 Å². The van der Waals surface area contributed by atoms with Crippen LogP contribution in [0.2, 0.25) is 0 Å². The third kappa shape index (κ3) is 5.56. The van der Waals surface area contributed by atoms with E-state index in [1.165, 1.54) is 51.8 Å². The molecule has 0 aliphatic heterocycles. The third-order valence-electron chi connectivity index (χ3n) is 4.52. The summed E-state index contributed by atoms with van der Waals surface area (Å²) in [6, 6.07) is 14.1. The number of rotatable bonds is 7. The number of amides is 3. The van der Waals surface area contributed by atoms with E-state index >= 15 is 0 Å². The van der Waals surface area contributed by atoms with Crippen molar-refractivity contribution in [2.75, 3.05) is 26.6 Å². The maximum atomic E-state index is 12.5. The van der Waals surface area contributed by atoms with Gasteiger partial charge in [0.05, 0.1) is 21.3 Å². The zero-order chi connectivity index (χ0) is 23.8. The van der Waals surface area contributed by atoms with Crippen LogP contribution >= 0.6 is 0 Å². The second-order valence-corrected chi connectivity index (χ2v) is 6.57. The molecule has 33 heavy (non-hydrogen) atoms. The number of methoxy groups -OCH3 is 3. The first-order valence-corrected chi connectivity index (χ1v) is 9.70. The Morgan fingerprint density at radius 2 is 1.33 bits per heavy atom. The van der Waals surface area contributed by atoms with Gasteiger partial charge in [0.1, 0.15) is 5.69 Å². The Balaban J connectivity index is 1.61. The highest BCUT2D eigenvalue weighted by Gasteiger charge is 2.17. The van der Waals surface area contributed by atoms with E-state index in [2.05, 4.69) is 21.2 Å². The molecule has 170 valence electrons. The summed E-state index contributed by atoms with van der Waals surface area (Å²) in [6.45, 7) is 0. The predicted octanol–water partition coefficient (Wildman–Crippen LogP) is 2.43. The summed E-state index contributed by atoms with van der Waals surface area (Å²) in [4.78, 5) is 41.0. The van der Waals surface area contributed by atoms with E-state index in [1.807, 2.05) is 0 Å². The fourth-order valence-corrected chi connectivity index (χ4v) is 2.87. The summed E-state index contributed by atoms with van der Waals surface area (Å²) >= 11 is 0. The summed E-state index contributed by atoms with van der Waals surface area (Å²) in [7, 11) is 4.32. The summed E-state index contributed by atoms with van der Waals surface area (Å²) < 4.78 is 15.7. The Labute approximate surface area is 189 Å². The van der Waals surface area contributed by atoms with Crippen LogP contribution in [0.25, 0.3) is 0 Å². The molecule has 0 saturated carbocycles. The molecule has 10 heteroatoms. The van der Waals surface area contributed by atoms with E-state index in [-0.39, 0.29) is 22.7 Å². The largest absolute Gasteiger partial charge is 0.493 e. The van der Waals surface area contributed by atoms with E-state index < -0.39 is 11.8 Å². The minimum absolute atomic E-state index is 0.192. The van der Waals surface area contributed by atoms with Crippen LogP contribution in [0.4, 0.5) is 5.69 Å². The van der Waals surface area contributed by atoms with Gasteiger partial charge in [-0.05, 0) is 48.5 Å². The highest BCUT2D eigenvalue weighted by molar-refractivity contribution is 6.03. The monoisotopic (exact) mass is 450 g/mol. The van der Waals surface area contributed by atoms with Crippen molar-refractivity contribution in [3.8, 4) is 17.2 Å². The van der Waals surface area contributed by atoms with Gasteiger partial charge < -0.3 is 19.5 Å². The van der Waals surface area contributed by atoms with Crippen LogP contribution in [0.3, 0.4) is 0 Å². The number of benzene rings is 2. The average molecular weight is 450 g/mol. The van der Waals surface area contributed by atoms with Crippen LogP contribution in [0, 0.1) is 0 Å². The third-order valence-corrected chi connectivity index (χ3v) is 4.52. The quantitative estimate of drug-likeness (QED) is 0.472. The molecule has 10 nitrogen and oxygen atoms in total. The number of hydrazine groups is 1. The molecule has 0 saturated heterocycles. The number of hydrogen-bond donors (Lipinski definition) is 3. The minimum atomic E-state index is -0.582. The molecular weight excluding hydrogens is 428 g/mol. The Hall–Kier alpha value is -4.60. The van der Waals surface area contributed by atoms with Crippen molar-refractivity contribution in [3.63, 3.8) is 0 Å². The normalized spacial score (nSPS) is 10.0. The molecule has 3 rings (SSSR count). The van der Waals surface area contributed by atoms with E-state index in [0.717, 1.165) is 0 Å². The molecule has 0 unspecified atom stereocenters. The highest BCUT2D eigenvalue weighted by Crippen LogP contribution is 2.38. The molecule has 1 heterocycles. The van der Waals surface area contributed by atoms with Gasteiger partial charge in [0, 0.05) is 23.0 Å². The standard InChI is InChI=1S/C23H22N4O6/c1-31-18-12-15(13-19(32-2)20(18)33-3)22(29)27-26-21(28)14-7-9-16(10-8-14)25-23(30)17-6-4-5-11-24-17/h4-13H,1-3H3,(H,25,30)(H,26,28)(H,27,29). The number of hydrogen-bond acceptors (Lipinski definition) is 7. The summed E-state index contributed by atoms with van der Waals surface area (Å²) in [5.74, 6) is -0.546. The summed E-state index contributed by atoms with van der Waals surface area (Å²) in [5.41, 5.74) is 5.90. The molecule has 1 aromatic heterocycles.